The van der Waals surface area contributed by atoms with Crippen LogP contribution in [0.1, 0.15) is 44.1 Å². The van der Waals surface area contributed by atoms with Crippen LogP contribution in [-0.2, 0) is 21.4 Å². The van der Waals surface area contributed by atoms with Crippen LogP contribution in [0.15, 0.2) is 28.7 Å². The highest BCUT2D eigenvalue weighted by Crippen LogP contribution is 2.29. The monoisotopic (exact) mass is 428 g/mol. The normalized spacial score (nSPS) is 18.4. The zero-order valence-electron chi connectivity index (χ0n) is 14.4. The van der Waals surface area contributed by atoms with Crippen molar-refractivity contribution in [2.45, 2.75) is 51.1 Å². The van der Waals surface area contributed by atoms with E-state index in [9.17, 15) is 13.2 Å². The van der Waals surface area contributed by atoms with Crippen LogP contribution in [0.2, 0.25) is 0 Å². The fourth-order valence-electron chi connectivity index (χ4n) is 3.28. The summed E-state index contributed by atoms with van der Waals surface area (Å²) in [6.45, 7) is 1.86. The van der Waals surface area contributed by atoms with Crippen molar-refractivity contribution in [3.05, 3.63) is 34.3 Å². The van der Waals surface area contributed by atoms with Crippen molar-refractivity contribution in [3.8, 4) is 0 Å². The summed E-state index contributed by atoms with van der Waals surface area (Å²) in [4.78, 5) is 14.5. The van der Waals surface area contributed by atoms with E-state index in [2.05, 4.69) is 15.9 Å². The molecule has 1 aromatic carbocycles. The number of rotatable bonds is 8. The molecule has 1 aromatic rings. The van der Waals surface area contributed by atoms with Crippen LogP contribution in [0.25, 0.3) is 0 Å². The van der Waals surface area contributed by atoms with Gasteiger partial charge < -0.3 is 4.90 Å². The van der Waals surface area contributed by atoms with Gasteiger partial charge in [-0.2, -0.15) is 0 Å². The molecule has 25 heavy (non-hydrogen) atoms. The number of amides is 1. The first-order chi connectivity index (χ1) is 12.0. The molecule has 0 atom stereocenters. The minimum Gasteiger partial charge on any atom is -0.335 e. The number of nitrogens with zero attached hydrogens (tertiary/aromatic N) is 2. The Balaban J connectivity index is 1.53. The van der Waals surface area contributed by atoms with Crippen molar-refractivity contribution in [2.24, 2.45) is 0 Å². The molecule has 2 aliphatic rings. The van der Waals surface area contributed by atoms with Gasteiger partial charge in [0.15, 0.2) is 0 Å². The molecule has 0 radical (unpaired) electrons. The van der Waals surface area contributed by atoms with Gasteiger partial charge in [0.25, 0.3) is 0 Å². The first-order valence-corrected chi connectivity index (χ1v) is 11.4. The SMILES string of the molecule is O=C(CCCS(=O)(=O)N1CCCC1)N(Cc1cccc(Br)c1)C1CC1. The number of hydrogen-bond donors (Lipinski definition) is 0. The molecule has 1 amide bonds. The molecule has 0 bridgehead atoms. The molecular weight excluding hydrogens is 404 g/mol. The third-order valence-corrected chi connectivity index (χ3v) is 7.25. The highest BCUT2D eigenvalue weighted by Gasteiger charge is 2.32. The second-order valence-electron chi connectivity index (χ2n) is 6.91. The average molecular weight is 429 g/mol. The molecule has 1 saturated heterocycles. The Bertz CT molecular complexity index is 713. The van der Waals surface area contributed by atoms with E-state index in [0.29, 0.717) is 38.5 Å². The van der Waals surface area contributed by atoms with Gasteiger partial charge in [-0.05, 0) is 49.8 Å². The molecule has 0 aromatic heterocycles. The summed E-state index contributed by atoms with van der Waals surface area (Å²) < 4.78 is 27.1. The van der Waals surface area contributed by atoms with Gasteiger partial charge in [0.05, 0.1) is 5.75 Å². The second kappa shape index (κ2) is 8.18. The number of carbonyl (C=O) groups excluding carboxylic acids is 1. The maximum Gasteiger partial charge on any atom is 0.223 e. The van der Waals surface area contributed by atoms with E-state index in [-0.39, 0.29) is 11.7 Å². The van der Waals surface area contributed by atoms with E-state index >= 15 is 0 Å². The van der Waals surface area contributed by atoms with Crippen molar-refractivity contribution < 1.29 is 13.2 Å². The zero-order valence-corrected chi connectivity index (χ0v) is 16.8. The molecule has 3 rings (SSSR count). The smallest absolute Gasteiger partial charge is 0.223 e. The Labute approximate surface area is 158 Å². The average Bonchev–Trinajstić information content (AvgIpc) is 3.24. The third kappa shape index (κ3) is 5.28. The fourth-order valence-corrected chi connectivity index (χ4v) is 5.31. The summed E-state index contributed by atoms with van der Waals surface area (Å²) in [6.07, 6.45) is 4.69. The highest BCUT2D eigenvalue weighted by atomic mass is 79.9. The van der Waals surface area contributed by atoms with Crippen LogP contribution in [0.4, 0.5) is 0 Å². The summed E-state index contributed by atoms with van der Waals surface area (Å²) in [5.74, 6) is 0.146. The maximum atomic E-state index is 12.6. The third-order valence-electron chi connectivity index (χ3n) is 4.80. The minimum atomic E-state index is -3.19. The topological polar surface area (TPSA) is 57.7 Å². The Hall–Kier alpha value is -0.920. The maximum absolute atomic E-state index is 12.6. The van der Waals surface area contributed by atoms with Crippen LogP contribution in [0.3, 0.4) is 0 Å². The highest BCUT2D eigenvalue weighted by molar-refractivity contribution is 9.10. The van der Waals surface area contributed by atoms with Crippen LogP contribution in [0.5, 0.6) is 0 Å². The predicted octanol–water partition coefficient (Wildman–Crippen LogP) is 3.15. The van der Waals surface area contributed by atoms with Crippen molar-refractivity contribution in [3.63, 3.8) is 0 Å². The Kier molecular flexibility index (Phi) is 6.17. The van der Waals surface area contributed by atoms with Crippen molar-refractivity contribution in [1.29, 1.82) is 0 Å². The minimum absolute atomic E-state index is 0.0686. The molecule has 138 valence electrons. The first kappa shape index (κ1) is 18.9. The van der Waals surface area contributed by atoms with E-state index in [1.807, 2.05) is 29.2 Å². The van der Waals surface area contributed by atoms with Crippen molar-refractivity contribution in [1.82, 2.24) is 9.21 Å². The lowest BCUT2D eigenvalue weighted by atomic mass is 10.2. The van der Waals surface area contributed by atoms with E-state index in [0.717, 1.165) is 35.7 Å². The quantitative estimate of drug-likeness (QED) is 0.638. The van der Waals surface area contributed by atoms with Crippen LogP contribution >= 0.6 is 15.9 Å². The van der Waals surface area contributed by atoms with E-state index in [1.165, 1.54) is 0 Å². The molecule has 1 aliphatic carbocycles. The number of benzene rings is 1. The summed E-state index contributed by atoms with van der Waals surface area (Å²) in [5, 5.41) is 0. The zero-order chi connectivity index (χ0) is 17.9. The summed E-state index contributed by atoms with van der Waals surface area (Å²) >= 11 is 3.46. The Morgan fingerprint density at radius 2 is 1.96 bits per heavy atom. The van der Waals surface area contributed by atoms with Gasteiger partial charge in [-0.15, -0.1) is 0 Å². The predicted molar refractivity (Wildman–Crippen MR) is 102 cm³/mol. The molecule has 1 aliphatic heterocycles. The number of hydrogen-bond acceptors (Lipinski definition) is 3. The van der Waals surface area contributed by atoms with Gasteiger partial charge in [-0.1, -0.05) is 28.1 Å². The summed E-state index contributed by atoms with van der Waals surface area (Å²) in [6, 6.07) is 8.31. The summed E-state index contributed by atoms with van der Waals surface area (Å²) in [5.41, 5.74) is 1.10. The molecule has 0 unspecified atom stereocenters. The van der Waals surface area contributed by atoms with Gasteiger partial charge in [-0.3, -0.25) is 4.79 Å². The van der Waals surface area contributed by atoms with Crippen LogP contribution in [-0.4, -0.2) is 48.4 Å². The van der Waals surface area contributed by atoms with Gasteiger partial charge in [0.1, 0.15) is 0 Å². The molecule has 5 nitrogen and oxygen atoms in total. The van der Waals surface area contributed by atoms with Crippen LogP contribution < -0.4 is 0 Å². The Morgan fingerprint density at radius 3 is 2.60 bits per heavy atom. The molecule has 1 heterocycles. The number of carbonyl (C=O) groups is 1. The van der Waals surface area contributed by atoms with E-state index < -0.39 is 10.0 Å². The van der Waals surface area contributed by atoms with Gasteiger partial charge in [-0.25, -0.2) is 12.7 Å². The molecule has 7 heteroatoms. The van der Waals surface area contributed by atoms with Gasteiger partial charge >= 0.3 is 0 Å². The lowest BCUT2D eigenvalue weighted by Gasteiger charge is -2.23. The lowest BCUT2D eigenvalue weighted by molar-refractivity contribution is -0.132. The number of halogens is 1. The number of sulfonamides is 1. The van der Waals surface area contributed by atoms with Crippen LogP contribution in [0, 0.1) is 0 Å². The molecule has 2 fully saturated rings. The van der Waals surface area contributed by atoms with Gasteiger partial charge in [0, 0.05) is 36.6 Å². The molecule has 0 N–H and O–H groups in total. The van der Waals surface area contributed by atoms with Gasteiger partial charge in [0.2, 0.25) is 15.9 Å². The fraction of sp³-hybridized carbons (Fsp3) is 0.611. The van der Waals surface area contributed by atoms with Crippen molar-refractivity contribution >= 4 is 31.9 Å². The van der Waals surface area contributed by atoms with Crippen molar-refractivity contribution in [2.75, 3.05) is 18.8 Å². The molecule has 0 spiro atoms. The molecular formula is C18H25BrN2O3S. The Morgan fingerprint density at radius 1 is 1.24 bits per heavy atom. The lowest BCUT2D eigenvalue weighted by Crippen LogP contribution is -2.34. The largest absolute Gasteiger partial charge is 0.335 e. The summed E-state index contributed by atoms with van der Waals surface area (Å²) in [7, 11) is -3.19. The second-order valence-corrected chi connectivity index (χ2v) is 9.91. The van der Waals surface area contributed by atoms with E-state index in [4.69, 9.17) is 0 Å². The van der Waals surface area contributed by atoms with E-state index in [1.54, 1.807) is 4.31 Å². The molecule has 1 saturated carbocycles. The standard InChI is InChI=1S/C18H25BrN2O3S/c19-16-6-3-5-15(13-16)14-21(17-8-9-17)18(22)7-4-12-25(23,24)20-10-1-2-11-20/h3,5-6,13,17H,1-2,4,7-12,14H2. The first-order valence-electron chi connectivity index (χ1n) is 8.97.